The lowest BCUT2D eigenvalue weighted by Gasteiger charge is -2.02. The second-order valence-electron chi connectivity index (χ2n) is 8.62. The van der Waals surface area contributed by atoms with Gasteiger partial charge in [-0.1, -0.05) is 54.1 Å². The van der Waals surface area contributed by atoms with Gasteiger partial charge in [-0.2, -0.15) is 0 Å². The number of nitrogens with zero attached hydrogens (tertiary/aromatic N) is 6. The molecule has 0 aliphatic rings. The highest BCUT2D eigenvalue weighted by Crippen LogP contribution is 2.39. The van der Waals surface area contributed by atoms with Crippen molar-refractivity contribution in [3.05, 3.63) is 84.1 Å². The van der Waals surface area contributed by atoms with Gasteiger partial charge in [0.15, 0.2) is 5.69 Å². The van der Waals surface area contributed by atoms with Crippen molar-refractivity contribution in [1.82, 2.24) is 18.5 Å². The summed E-state index contributed by atoms with van der Waals surface area (Å²) in [5.74, 6) is 0.0398. The second kappa shape index (κ2) is 7.66. The Morgan fingerprint density at radius 3 is 2.37 bits per heavy atom. The van der Waals surface area contributed by atoms with Gasteiger partial charge in [-0.25, -0.2) is 4.98 Å². The summed E-state index contributed by atoms with van der Waals surface area (Å²) in [4.78, 5) is 18.5. The van der Waals surface area contributed by atoms with Crippen molar-refractivity contribution in [3.8, 4) is 17.1 Å². The number of hydrogen-bond acceptors (Lipinski definition) is 4. The average molecular weight is 463 g/mol. The molecule has 0 atom stereocenters. The Hall–Kier alpha value is -4.72. The SMILES string of the molecule is Cc1ccc2c(c1)c(N=NC(=O)c1c(-c3ccccc3)nc3n(C)c4ccccc4n13)c(O)n2C. The van der Waals surface area contributed by atoms with E-state index in [1.165, 1.54) is 0 Å². The van der Waals surface area contributed by atoms with E-state index in [9.17, 15) is 9.90 Å². The average Bonchev–Trinajstić information content (AvgIpc) is 3.47. The van der Waals surface area contributed by atoms with Gasteiger partial charge >= 0.3 is 5.91 Å². The minimum Gasteiger partial charge on any atom is -0.493 e. The van der Waals surface area contributed by atoms with Crippen LogP contribution in [-0.2, 0) is 14.1 Å². The van der Waals surface area contributed by atoms with E-state index in [1.54, 1.807) is 11.6 Å². The highest BCUT2D eigenvalue weighted by Gasteiger charge is 2.25. The molecule has 3 aromatic heterocycles. The highest BCUT2D eigenvalue weighted by atomic mass is 16.3. The van der Waals surface area contributed by atoms with Crippen molar-refractivity contribution >= 4 is 39.3 Å². The van der Waals surface area contributed by atoms with Crippen molar-refractivity contribution in [2.45, 2.75) is 6.92 Å². The summed E-state index contributed by atoms with van der Waals surface area (Å²) < 4.78 is 5.41. The van der Waals surface area contributed by atoms with Crippen LogP contribution in [0.1, 0.15) is 16.1 Å². The first-order valence-electron chi connectivity index (χ1n) is 11.2. The van der Waals surface area contributed by atoms with Crippen molar-refractivity contribution in [3.63, 3.8) is 0 Å². The molecule has 172 valence electrons. The highest BCUT2D eigenvalue weighted by molar-refractivity contribution is 6.03. The van der Waals surface area contributed by atoms with E-state index in [0.29, 0.717) is 17.2 Å². The van der Waals surface area contributed by atoms with Gasteiger partial charge in [-0.05, 0) is 31.2 Å². The fraction of sp³-hybridized carbons (Fsp3) is 0.111. The van der Waals surface area contributed by atoms with Crippen molar-refractivity contribution in [2.24, 2.45) is 24.3 Å². The lowest BCUT2D eigenvalue weighted by atomic mass is 10.1. The monoisotopic (exact) mass is 462 g/mol. The zero-order valence-electron chi connectivity index (χ0n) is 19.5. The Bertz CT molecular complexity index is 1800. The molecule has 8 nitrogen and oxygen atoms in total. The van der Waals surface area contributed by atoms with Gasteiger partial charge in [-0.3, -0.25) is 9.20 Å². The molecule has 3 heterocycles. The number of para-hydroxylation sites is 2. The number of hydrogen-bond donors (Lipinski definition) is 1. The van der Waals surface area contributed by atoms with Crippen LogP contribution in [0.5, 0.6) is 5.88 Å². The molecule has 0 fully saturated rings. The number of fused-ring (bicyclic) bond motifs is 4. The minimum atomic E-state index is -0.545. The third-order valence-electron chi connectivity index (χ3n) is 6.43. The van der Waals surface area contributed by atoms with Crippen LogP contribution >= 0.6 is 0 Å². The molecule has 6 aromatic rings. The van der Waals surface area contributed by atoms with Gasteiger partial charge in [0.2, 0.25) is 11.7 Å². The quantitative estimate of drug-likeness (QED) is 0.331. The summed E-state index contributed by atoms with van der Waals surface area (Å²) in [5, 5.41) is 19.7. The summed E-state index contributed by atoms with van der Waals surface area (Å²) in [6.07, 6.45) is 0. The largest absolute Gasteiger partial charge is 0.493 e. The van der Waals surface area contributed by atoms with Crippen LogP contribution in [0.3, 0.4) is 0 Å². The number of benzene rings is 3. The van der Waals surface area contributed by atoms with E-state index in [4.69, 9.17) is 4.98 Å². The lowest BCUT2D eigenvalue weighted by molar-refractivity contribution is 0.0990. The fourth-order valence-corrected chi connectivity index (χ4v) is 4.67. The zero-order valence-corrected chi connectivity index (χ0v) is 19.5. The van der Waals surface area contributed by atoms with E-state index in [0.717, 1.165) is 33.1 Å². The van der Waals surface area contributed by atoms with Gasteiger partial charge in [-0.15, -0.1) is 10.2 Å². The van der Waals surface area contributed by atoms with E-state index >= 15 is 0 Å². The molecule has 0 unspecified atom stereocenters. The molecular weight excluding hydrogens is 440 g/mol. The smallest absolute Gasteiger partial charge is 0.314 e. The lowest BCUT2D eigenvalue weighted by Crippen LogP contribution is -2.01. The van der Waals surface area contributed by atoms with Crippen LogP contribution < -0.4 is 0 Å². The predicted molar refractivity (Wildman–Crippen MR) is 135 cm³/mol. The minimum absolute atomic E-state index is 0.0472. The first kappa shape index (κ1) is 20.9. The molecule has 6 rings (SSSR count). The van der Waals surface area contributed by atoms with Crippen LogP contribution in [0.15, 0.2) is 83.0 Å². The Kier molecular flexibility index (Phi) is 4.57. The third-order valence-corrected chi connectivity index (χ3v) is 6.43. The van der Waals surface area contributed by atoms with Crippen LogP contribution in [0.25, 0.3) is 39.0 Å². The van der Waals surface area contributed by atoms with Crippen LogP contribution in [0.4, 0.5) is 5.69 Å². The molecule has 0 radical (unpaired) electrons. The number of azo groups is 1. The molecule has 0 saturated carbocycles. The number of carbonyl (C=O) groups is 1. The standard InChI is InChI=1S/C27H22N6O2/c1-16-13-14-19-18(15-16)23(26(35)31(19)2)29-30-25(34)24-22(17-9-5-4-6-10-17)28-27-32(3)20-11-7-8-12-21(20)33(24)27/h4-15,35H,1-3H3. The van der Waals surface area contributed by atoms with E-state index < -0.39 is 5.91 Å². The Balaban J connectivity index is 1.57. The van der Waals surface area contributed by atoms with E-state index in [1.807, 2.05) is 95.7 Å². The molecule has 0 aliphatic heterocycles. The topological polar surface area (TPSA) is 89.2 Å². The summed E-state index contributed by atoms with van der Waals surface area (Å²) >= 11 is 0. The van der Waals surface area contributed by atoms with Gasteiger partial charge in [0.25, 0.3) is 0 Å². The molecule has 35 heavy (non-hydrogen) atoms. The maximum Gasteiger partial charge on any atom is 0.314 e. The van der Waals surface area contributed by atoms with Crippen molar-refractivity contribution in [2.75, 3.05) is 0 Å². The van der Waals surface area contributed by atoms with Crippen LogP contribution in [0.2, 0.25) is 0 Å². The summed E-state index contributed by atoms with van der Waals surface area (Å²) in [5.41, 5.74) is 5.55. The molecule has 0 saturated heterocycles. The third kappa shape index (κ3) is 3.07. The number of imidazole rings is 2. The van der Waals surface area contributed by atoms with Gasteiger partial charge in [0, 0.05) is 25.0 Å². The number of amides is 1. The Morgan fingerprint density at radius 2 is 1.60 bits per heavy atom. The molecule has 1 amide bonds. The van der Waals surface area contributed by atoms with Crippen LogP contribution in [0, 0.1) is 6.92 Å². The molecule has 0 aliphatic carbocycles. The van der Waals surface area contributed by atoms with Crippen molar-refractivity contribution in [1.29, 1.82) is 0 Å². The van der Waals surface area contributed by atoms with Crippen LogP contribution in [-0.4, -0.2) is 29.5 Å². The summed E-state index contributed by atoms with van der Waals surface area (Å²) in [6.45, 7) is 1.96. The van der Waals surface area contributed by atoms with Crippen molar-refractivity contribution < 1.29 is 9.90 Å². The summed E-state index contributed by atoms with van der Waals surface area (Å²) in [6, 6.07) is 23.2. The molecule has 3 aromatic carbocycles. The number of aromatic nitrogens is 4. The maximum absolute atomic E-state index is 13.6. The zero-order chi connectivity index (χ0) is 24.3. The maximum atomic E-state index is 13.6. The predicted octanol–water partition coefficient (Wildman–Crippen LogP) is 5.92. The first-order chi connectivity index (χ1) is 17.0. The number of aromatic hydroxyl groups is 1. The molecular formula is C27H22N6O2. The Labute approximate surface area is 200 Å². The van der Waals surface area contributed by atoms with Gasteiger partial charge < -0.3 is 14.2 Å². The molecule has 0 bridgehead atoms. The normalized spacial score (nSPS) is 12.0. The molecule has 8 heteroatoms. The molecule has 0 spiro atoms. The van der Waals surface area contributed by atoms with E-state index in [2.05, 4.69) is 10.2 Å². The number of carbonyl (C=O) groups excluding carboxylic acids is 1. The second-order valence-corrected chi connectivity index (χ2v) is 8.62. The molecule has 1 N–H and O–H groups in total. The Morgan fingerprint density at radius 1 is 0.886 bits per heavy atom. The fourth-order valence-electron chi connectivity index (χ4n) is 4.67. The van der Waals surface area contributed by atoms with E-state index in [-0.39, 0.29) is 11.6 Å². The van der Waals surface area contributed by atoms with Gasteiger partial charge in [0.05, 0.1) is 16.6 Å². The summed E-state index contributed by atoms with van der Waals surface area (Å²) in [7, 11) is 3.67. The first-order valence-corrected chi connectivity index (χ1v) is 11.2. The van der Waals surface area contributed by atoms with Gasteiger partial charge in [0.1, 0.15) is 11.4 Å². The number of aryl methyl sites for hydroxylation is 3. The number of rotatable bonds is 3.